The zero-order valence-corrected chi connectivity index (χ0v) is 8.17. The summed E-state index contributed by atoms with van der Waals surface area (Å²) in [6, 6.07) is 8.54. The highest BCUT2D eigenvalue weighted by atomic mass is 16.4. The summed E-state index contributed by atoms with van der Waals surface area (Å²) in [5.74, 6) is -1.48. The number of carbonyl (C=O) groups is 1. The lowest BCUT2D eigenvalue weighted by molar-refractivity contribution is -0.667. The highest BCUT2D eigenvalue weighted by Gasteiger charge is 2.40. The summed E-state index contributed by atoms with van der Waals surface area (Å²) in [5, 5.41) is 22.2. The Balaban J connectivity index is 2.29. The van der Waals surface area contributed by atoms with Gasteiger partial charge in [-0.1, -0.05) is 30.3 Å². The molecule has 1 heterocycles. The van der Waals surface area contributed by atoms with Crippen molar-refractivity contribution in [2.75, 3.05) is 6.54 Å². The maximum atomic E-state index is 10.9. The quantitative estimate of drug-likeness (QED) is 0.579. The molecule has 1 aromatic rings. The predicted octanol–water partition coefficient (Wildman–Crippen LogP) is -2.17. The first-order chi connectivity index (χ1) is 7.20. The van der Waals surface area contributed by atoms with Crippen LogP contribution in [-0.2, 0) is 4.79 Å². The second kappa shape index (κ2) is 4.00. The van der Waals surface area contributed by atoms with Gasteiger partial charge in [-0.3, -0.25) is 0 Å². The Morgan fingerprint density at radius 3 is 2.67 bits per heavy atom. The van der Waals surface area contributed by atoms with Gasteiger partial charge < -0.3 is 20.3 Å². The van der Waals surface area contributed by atoms with Gasteiger partial charge in [0.05, 0.1) is 11.9 Å². The maximum absolute atomic E-state index is 10.9. The van der Waals surface area contributed by atoms with Crippen LogP contribution in [0.15, 0.2) is 30.3 Å². The normalized spacial score (nSPS) is 30.3. The molecule has 1 saturated heterocycles. The Kier molecular flexibility index (Phi) is 2.70. The molecular weight excluding hydrogens is 194 g/mol. The molecule has 1 aliphatic rings. The molecule has 0 amide bonds. The third kappa shape index (κ3) is 1.86. The molecule has 4 nitrogen and oxygen atoms in total. The van der Waals surface area contributed by atoms with Gasteiger partial charge in [-0.2, -0.15) is 0 Å². The number of rotatable bonds is 2. The van der Waals surface area contributed by atoms with E-state index in [-0.39, 0.29) is 5.92 Å². The summed E-state index contributed by atoms with van der Waals surface area (Å²) in [6.45, 7) is 0.415. The fourth-order valence-corrected chi connectivity index (χ4v) is 2.17. The Labute approximate surface area is 87.6 Å². The van der Waals surface area contributed by atoms with Crippen LogP contribution in [0, 0.1) is 0 Å². The molecule has 0 spiro atoms. The van der Waals surface area contributed by atoms with E-state index in [1.807, 2.05) is 30.3 Å². The van der Waals surface area contributed by atoms with Crippen molar-refractivity contribution in [1.82, 2.24) is 0 Å². The van der Waals surface area contributed by atoms with Crippen LogP contribution in [0.5, 0.6) is 0 Å². The van der Waals surface area contributed by atoms with Crippen LogP contribution >= 0.6 is 0 Å². The molecule has 3 unspecified atom stereocenters. The van der Waals surface area contributed by atoms with Crippen molar-refractivity contribution >= 4 is 5.97 Å². The molecule has 0 aliphatic carbocycles. The van der Waals surface area contributed by atoms with E-state index in [4.69, 9.17) is 0 Å². The number of hydrogen-bond acceptors (Lipinski definition) is 3. The summed E-state index contributed by atoms with van der Waals surface area (Å²) < 4.78 is 0. The lowest BCUT2D eigenvalue weighted by Gasteiger charge is -2.19. The molecule has 0 saturated carbocycles. The Morgan fingerprint density at radius 1 is 1.40 bits per heavy atom. The van der Waals surface area contributed by atoms with Crippen LogP contribution in [0.3, 0.4) is 0 Å². The average molecular weight is 207 g/mol. The molecule has 3 atom stereocenters. The molecular formula is C11H13NO3. The second-order valence-corrected chi connectivity index (χ2v) is 3.82. The standard InChI is InChI=1S/C11H13NO3/c13-8-6-12-10(11(14)15)9(8)7-4-2-1-3-5-7/h1-5,8-10,12-13H,6H2,(H,14,15). The lowest BCUT2D eigenvalue weighted by atomic mass is 9.90. The minimum absolute atomic E-state index is 0.365. The number of aliphatic carboxylic acids is 1. The van der Waals surface area contributed by atoms with Gasteiger partial charge >= 0.3 is 0 Å². The molecule has 1 aliphatic heterocycles. The fourth-order valence-electron chi connectivity index (χ4n) is 2.17. The van der Waals surface area contributed by atoms with Crippen LogP contribution < -0.4 is 10.4 Å². The first-order valence-corrected chi connectivity index (χ1v) is 4.97. The van der Waals surface area contributed by atoms with Crippen LogP contribution in [0.1, 0.15) is 11.5 Å². The van der Waals surface area contributed by atoms with Crippen molar-refractivity contribution in [3.05, 3.63) is 35.9 Å². The van der Waals surface area contributed by atoms with Gasteiger partial charge in [0.1, 0.15) is 18.7 Å². The van der Waals surface area contributed by atoms with Crippen molar-refractivity contribution in [3.8, 4) is 0 Å². The van der Waals surface area contributed by atoms with Crippen molar-refractivity contribution in [3.63, 3.8) is 0 Å². The Hall–Kier alpha value is -1.39. The molecule has 1 fully saturated rings. The Bertz CT molecular complexity index is 352. The molecule has 1 aromatic carbocycles. The summed E-state index contributed by atoms with van der Waals surface area (Å²) in [6.07, 6.45) is -0.615. The molecule has 0 bridgehead atoms. The van der Waals surface area contributed by atoms with E-state index in [1.165, 1.54) is 0 Å². The van der Waals surface area contributed by atoms with Gasteiger partial charge in [-0.25, -0.2) is 0 Å². The van der Waals surface area contributed by atoms with E-state index in [9.17, 15) is 15.0 Å². The highest BCUT2D eigenvalue weighted by molar-refractivity contribution is 5.71. The van der Waals surface area contributed by atoms with Crippen LogP contribution in [0.25, 0.3) is 0 Å². The number of hydrogen-bond donors (Lipinski definition) is 2. The van der Waals surface area contributed by atoms with Crippen LogP contribution in [-0.4, -0.2) is 29.8 Å². The summed E-state index contributed by atoms with van der Waals surface area (Å²) in [4.78, 5) is 10.9. The summed E-state index contributed by atoms with van der Waals surface area (Å²) in [7, 11) is 0. The van der Waals surface area contributed by atoms with Gasteiger partial charge in [-0.05, 0) is 5.56 Å². The third-order valence-electron chi connectivity index (χ3n) is 2.89. The molecule has 80 valence electrons. The van der Waals surface area contributed by atoms with Gasteiger partial charge in [0.2, 0.25) is 0 Å². The van der Waals surface area contributed by atoms with Crippen molar-refractivity contribution in [2.24, 2.45) is 0 Å². The second-order valence-electron chi connectivity index (χ2n) is 3.82. The van der Waals surface area contributed by atoms with E-state index in [0.29, 0.717) is 6.54 Å². The largest absolute Gasteiger partial charge is 0.544 e. The predicted molar refractivity (Wildman–Crippen MR) is 50.8 cm³/mol. The Morgan fingerprint density at radius 2 is 2.07 bits per heavy atom. The highest BCUT2D eigenvalue weighted by Crippen LogP contribution is 2.24. The van der Waals surface area contributed by atoms with E-state index in [0.717, 1.165) is 5.56 Å². The zero-order valence-electron chi connectivity index (χ0n) is 8.17. The van der Waals surface area contributed by atoms with Gasteiger partial charge in [0, 0.05) is 0 Å². The number of quaternary nitrogens is 1. The molecule has 3 N–H and O–H groups in total. The van der Waals surface area contributed by atoms with Crippen LogP contribution in [0.4, 0.5) is 0 Å². The molecule has 0 aromatic heterocycles. The monoisotopic (exact) mass is 207 g/mol. The summed E-state index contributed by atoms with van der Waals surface area (Å²) >= 11 is 0. The number of carboxylic acid groups (broad SMARTS) is 1. The minimum Gasteiger partial charge on any atom is -0.544 e. The average Bonchev–Trinajstić information content (AvgIpc) is 2.61. The molecule has 4 heteroatoms. The zero-order chi connectivity index (χ0) is 10.8. The number of carbonyl (C=O) groups excluding carboxylic acids is 1. The number of nitrogens with two attached hydrogens (primary N) is 1. The number of aliphatic hydroxyl groups excluding tert-OH is 1. The maximum Gasteiger partial charge on any atom is 0.136 e. The first kappa shape index (κ1) is 10.1. The van der Waals surface area contributed by atoms with Crippen LogP contribution in [0.2, 0.25) is 0 Å². The summed E-state index contributed by atoms with van der Waals surface area (Å²) in [5.41, 5.74) is 0.855. The number of carboxylic acids is 1. The van der Waals surface area contributed by atoms with E-state index < -0.39 is 18.1 Å². The molecule has 2 rings (SSSR count). The fraction of sp³-hybridized carbons (Fsp3) is 0.364. The van der Waals surface area contributed by atoms with Crippen molar-refractivity contribution in [1.29, 1.82) is 0 Å². The third-order valence-corrected chi connectivity index (χ3v) is 2.89. The van der Waals surface area contributed by atoms with Gasteiger partial charge in [0.25, 0.3) is 0 Å². The SMILES string of the molecule is O=C([O-])C1[NH2+]CC(O)C1c1ccccc1. The van der Waals surface area contributed by atoms with Gasteiger partial charge in [-0.15, -0.1) is 0 Å². The number of benzene rings is 1. The van der Waals surface area contributed by atoms with Gasteiger partial charge in [0.15, 0.2) is 0 Å². The lowest BCUT2D eigenvalue weighted by Crippen LogP contribution is -2.90. The van der Waals surface area contributed by atoms with Crippen molar-refractivity contribution in [2.45, 2.75) is 18.1 Å². The smallest absolute Gasteiger partial charge is 0.136 e. The minimum atomic E-state index is -1.11. The topological polar surface area (TPSA) is 77.0 Å². The molecule has 0 radical (unpaired) electrons. The first-order valence-electron chi connectivity index (χ1n) is 4.97. The van der Waals surface area contributed by atoms with E-state index in [2.05, 4.69) is 0 Å². The van der Waals surface area contributed by atoms with Crippen molar-refractivity contribution < 1.29 is 20.3 Å². The number of aliphatic hydroxyl groups is 1. The molecule has 15 heavy (non-hydrogen) atoms. The van der Waals surface area contributed by atoms with E-state index >= 15 is 0 Å². The van der Waals surface area contributed by atoms with E-state index in [1.54, 1.807) is 5.32 Å².